The van der Waals surface area contributed by atoms with Crippen LogP contribution in [0.15, 0.2) is 34.5 Å². The second-order valence-corrected chi connectivity index (χ2v) is 5.80. The number of carboxylic acids is 1. The van der Waals surface area contributed by atoms with E-state index in [1.165, 1.54) is 0 Å². The minimum Gasteiger partial charge on any atom is -0.491 e. The SMILES string of the molecule is Br.CC(/C=C/c1ncccc1OCCCCCC(=O)O)=N/NC1=NCCN1. The minimum atomic E-state index is -0.757. The van der Waals surface area contributed by atoms with E-state index in [1.807, 2.05) is 31.2 Å². The summed E-state index contributed by atoms with van der Waals surface area (Å²) in [4.78, 5) is 19.0. The van der Waals surface area contributed by atoms with E-state index in [4.69, 9.17) is 9.84 Å². The summed E-state index contributed by atoms with van der Waals surface area (Å²) in [5.74, 6) is 0.625. The number of allylic oxidation sites excluding steroid dienone is 1. The predicted molar refractivity (Wildman–Crippen MR) is 112 cm³/mol. The van der Waals surface area contributed by atoms with Crippen molar-refractivity contribution >= 4 is 40.7 Å². The quantitative estimate of drug-likeness (QED) is 0.293. The number of nitrogens with zero attached hydrogens (tertiary/aromatic N) is 3. The summed E-state index contributed by atoms with van der Waals surface area (Å²) in [6.07, 6.45) is 7.92. The maximum Gasteiger partial charge on any atom is 0.303 e. The van der Waals surface area contributed by atoms with E-state index in [2.05, 4.69) is 25.8 Å². The largest absolute Gasteiger partial charge is 0.491 e. The minimum absolute atomic E-state index is 0. The number of hydrogen-bond donors (Lipinski definition) is 3. The molecule has 1 aromatic rings. The van der Waals surface area contributed by atoms with Crippen molar-refractivity contribution in [2.75, 3.05) is 19.7 Å². The van der Waals surface area contributed by atoms with Crippen LogP contribution in [-0.4, -0.2) is 47.4 Å². The van der Waals surface area contributed by atoms with Gasteiger partial charge in [-0.25, -0.2) is 10.4 Å². The second kappa shape index (κ2) is 12.9. The number of aliphatic imine (C=N–C) groups is 1. The topological polar surface area (TPSA) is 108 Å². The summed E-state index contributed by atoms with van der Waals surface area (Å²) in [7, 11) is 0. The summed E-state index contributed by atoms with van der Waals surface area (Å²) in [6, 6.07) is 3.69. The van der Waals surface area contributed by atoms with E-state index in [0.717, 1.165) is 37.3 Å². The Morgan fingerprint density at radius 3 is 3.04 bits per heavy atom. The number of carbonyl (C=O) groups is 1. The number of aromatic nitrogens is 1. The molecular formula is C18H26BrN5O3. The lowest BCUT2D eigenvalue weighted by molar-refractivity contribution is -0.137. The van der Waals surface area contributed by atoms with Crippen molar-refractivity contribution in [3.8, 4) is 5.75 Å². The number of hydrazone groups is 1. The number of rotatable bonds is 10. The number of unbranched alkanes of at least 4 members (excludes halogenated alkanes) is 2. The van der Waals surface area contributed by atoms with E-state index in [9.17, 15) is 4.79 Å². The zero-order chi connectivity index (χ0) is 18.6. The van der Waals surface area contributed by atoms with Gasteiger partial charge >= 0.3 is 5.97 Å². The first-order valence-electron chi connectivity index (χ1n) is 8.71. The van der Waals surface area contributed by atoms with Crippen LogP contribution < -0.4 is 15.5 Å². The van der Waals surface area contributed by atoms with E-state index in [-0.39, 0.29) is 23.4 Å². The highest BCUT2D eigenvalue weighted by molar-refractivity contribution is 8.93. The van der Waals surface area contributed by atoms with Crippen molar-refractivity contribution in [2.45, 2.75) is 32.6 Å². The van der Waals surface area contributed by atoms with Gasteiger partial charge in [0, 0.05) is 19.2 Å². The van der Waals surface area contributed by atoms with Crippen LogP contribution in [0.25, 0.3) is 6.08 Å². The Kier molecular flexibility index (Phi) is 10.8. The molecule has 9 heteroatoms. The van der Waals surface area contributed by atoms with Crippen molar-refractivity contribution in [3.63, 3.8) is 0 Å². The number of carboxylic acid groups (broad SMARTS) is 1. The molecule has 0 saturated carbocycles. The third-order valence-electron chi connectivity index (χ3n) is 3.59. The van der Waals surface area contributed by atoms with Gasteiger partial charge in [0.05, 0.1) is 18.9 Å². The molecule has 1 aromatic heterocycles. The van der Waals surface area contributed by atoms with E-state index in [1.54, 1.807) is 6.20 Å². The van der Waals surface area contributed by atoms with Crippen LogP contribution in [-0.2, 0) is 4.79 Å². The van der Waals surface area contributed by atoms with Crippen LogP contribution in [0.2, 0.25) is 0 Å². The molecule has 0 unspecified atom stereocenters. The second-order valence-electron chi connectivity index (χ2n) is 5.80. The number of guanidine groups is 1. The highest BCUT2D eigenvalue weighted by Crippen LogP contribution is 2.17. The molecule has 2 rings (SSSR count). The molecule has 0 saturated heterocycles. The van der Waals surface area contributed by atoms with Crippen molar-refractivity contribution in [1.29, 1.82) is 0 Å². The molecule has 0 atom stereocenters. The summed E-state index contributed by atoms with van der Waals surface area (Å²) >= 11 is 0. The molecule has 8 nitrogen and oxygen atoms in total. The van der Waals surface area contributed by atoms with Gasteiger partial charge in [0.25, 0.3) is 0 Å². The molecule has 0 fully saturated rings. The Hall–Kier alpha value is -2.42. The monoisotopic (exact) mass is 439 g/mol. The lowest BCUT2D eigenvalue weighted by Crippen LogP contribution is -2.30. The molecule has 0 bridgehead atoms. The highest BCUT2D eigenvalue weighted by Gasteiger charge is 2.03. The maximum absolute atomic E-state index is 10.5. The summed E-state index contributed by atoms with van der Waals surface area (Å²) in [6.45, 7) is 4.01. The molecule has 0 radical (unpaired) electrons. The predicted octanol–water partition coefficient (Wildman–Crippen LogP) is 2.62. The molecule has 0 aliphatic carbocycles. The van der Waals surface area contributed by atoms with Crippen LogP contribution in [0.5, 0.6) is 5.75 Å². The lowest BCUT2D eigenvalue weighted by Gasteiger charge is -2.08. The normalized spacial score (nSPS) is 13.7. The maximum atomic E-state index is 10.5. The summed E-state index contributed by atoms with van der Waals surface area (Å²) in [5.41, 5.74) is 4.39. The van der Waals surface area contributed by atoms with E-state index < -0.39 is 5.97 Å². The van der Waals surface area contributed by atoms with Crippen molar-refractivity contribution < 1.29 is 14.6 Å². The molecule has 27 heavy (non-hydrogen) atoms. The summed E-state index contributed by atoms with van der Waals surface area (Å²) in [5, 5.41) is 15.9. The summed E-state index contributed by atoms with van der Waals surface area (Å²) < 4.78 is 5.77. The Morgan fingerprint density at radius 2 is 2.30 bits per heavy atom. The average Bonchev–Trinajstić information content (AvgIpc) is 3.15. The van der Waals surface area contributed by atoms with Gasteiger partial charge < -0.3 is 15.2 Å². The lowest BCUT2D eigenvalue weighted by atomic mass is 10.2. The van der Waals surface area contributed by atoms with Gasteiger partial charge in [0.1, 0.15) is 11.4 Å². The van der Waals surface area contributed by atoms with Crippen LogP contribution in [0, 0.1) is 0 Å². The molecular weight excluding hydrogens is 414 g/mol. The van der Waals surface area contributed by atoms with E-state index in [0.29, 0.717) is 24.7 Å². The Bertz CT molecular complexity index is 691. The standard InChI is InChI=1S/C18H25N5O3.BrH/c1-14(22-23-18-20-11-12-21-18)8-9-15-16(6-5-10-19-15)26-13-4-2-3-7-17(24)25;/h5-6,8-10H,2-4,7,11-13H2,1H3,(H,24,25)(H2,20,21,23);1H/b9-8+,22-14-;. The first-order chi connectivity index (χ1) is 12.6. The fourth-order valence-corrected chi connectivity index (χ4v) is 2.24. The van der Waals surface area contributed by atoms with Gasteiger partial charge in [-0.3, -0.25) is 9.78 Å². The van der Waals surface area contributed by atoms with Gasteiger partial charge in [-0.15, -0.1) is 17.0 Å². The van der Waals surface area contributed by atoms with Crippen LogP contribution in [0.4, 0.5) is 0 Å². The van der Waals surface area contributed by atoms with Gasteiger partial charge in [0.15, 0.2) is 0 Å². The van der Waals surface area contributed by atoms with Crippen molar-refractivity contribution in [2.24, 2.45) is 10.1 Å². The zero-order valence-corrected chi connectivity index (χ0v) is 17.1. The average molecular weight is 440 g/mol. The molecule has 0 amide bonds. The third-order valence-corrected chi connectivity index (χ3v) is 3.59. The van der Waals surface area contributed by atoms with Crippen LogP contribution in [0.1, 0.15) is 38.3 Å². The fraction of sp³-hybridized carbons (Fsp3) is 0.444. The molecule has 0 spiro atoms. The van der Waals surface area contributed by atoms with Gasteiger partial charge in [0.2, 0.25) is 5.96 Å². The zero-order valence-electron chi connectivity index (χ0n) is 15.4. The molecule has 1 aliphatic rings. The molecule has 1 aliphatic heterocycles. The van der Waals surface area contributed by atoms with Crippen molar-refractivity contribution in [3.05, 3.63) is 30.1 Å². The number of aliphatic carboxylic acids is 1. The smallest absolute Gasteiger partial charge is 0.303 e. The van der Waals surface area contributed by atoms with Crippen LogP contribution >= 0.6 is 17.0 Å². The molecule has 0 aromatic carbocycles. The number of halogens is 1. The number of pyridine rings is 1. The molecule has 2 heterocycles. The van der Waals surface area contributed by atoms with Gasteiger partial charge in [-0.2, -0.15) is 5.10 Å². The molecule has 148 valence electrons. The number of ether oxygens (including phenoxy) is 1. The number of hydrogen-bond acceptors (Lipinski definition) is 7. The molecule has 3 N–H and O–H groups in total. The van der Waals surface area contributed by atoms with Gasteiger partial charge in [-0.05, 0) is 50.5 Å². The van der Waals surface area contributed by atoms with E-state index >= 15 is 0 Å². The first-order valence-corrected chi connectivity index (χ1v) is 8.71. The Labute approximate surface area is 169 Å². The first kappa shape index (κ1) is 22.6. The highest BCUT2D eigenvalue weighted by atomic mass is 79.9. The Balaban J connectivity index is 0.00000364. The van der Waals surface area contributed by atoms with Gasteiger partial charge in [-0.1, -0.05) is 0 Å². The van der Waals surface area contributed by atoms with Crippen LogP contribution in [0.3, 0.4) is 0 Å². The van der Waals surface area contributed by atoms with Crippen molar-refractivity contribution in [1.82, 2.24) is 15.7 Å². The third kappa shape index (κ3) is 9.18. The Morgan fingerprint density at radius 1 is 1.44 bits per heavy atom. The number of nitrogens with one attached hydrogen (secondary N) is 2. The fourth-order valence-electron chi connectivity index (χ4n) is 2.24.